The van der Waals surface area contributed by atoms with Crippen LogP contribution in [0.5, 0.6) is 5.75 Å². The van der Waals surface area contributed by atoms with E-state index in [-0.39, 0.29) is 11.3 Å². The van der Waals surface area contributed by atoms with Gasteiger partial charge in [0.25, 0.3) is 0 Å². The van der Waals surface area contributed by atoms with Crippen LogP contribution < -0.4 is 10.1 Å². The molecular formula is C15H15NO4. The third-order valence-electron chi connectivity index (χ3n) is 3.39. The quantitative estimate of drug-likeness (QED) is 0.432. The van der Waals surface area contributed by atoms with Crippen LogP contribution in [0.2, 0.25) is 0 Å². The molecule has 1 spiro atoms. The van der Waals surface area contributed by atoms with Crippen LogP contribution in [0.25, 0.3) is 0 Å². The number of fused-ring (bicyclic) bond motifs is 1. The van der Waals surface area contributed by atoms with Gasteiger partial charge in [0.2, 0.25) is 5.72 Å². The summed E-state index contributed by atoms with van der Waals surface area (Å²) in [7, 11) is 0. The third-order valence-corrected chi connectivity index (χ3v) is 3.39. The second kappa shape index (κ2) is 4.03. The number of rotatable bonds is 0. The van der Waals surface area contributed by atoms with Crippen molar-refractivity contribution in [2.24, 2.45) is 0 Å². The van der Waals surface area contributed by atoms with Crippen LogP contribution in [0.1, 0.15) is 19.4 Å². The first-order chi connectivity index (χ1) is 9.43. The van der Waals surface area contributed by atoms with Gasteiger partial charge in [0.05, 0.1) is 5.69 Å². The molecule has 5 nitrogen and oxygen atoms in total. The zero-order chi connectivity index (χ0) is 14.5. The van der Waals surface area contributed by atoms with E-state index in [1.165, 1.54) is 6.92 Å². The molecule has 2 N–H and O–H groups in total. The first kappa shape index (κ1) is 12.6. The summed E-state index contributed by atoms with van der Waals surface area (Å²) in [5, 5.41) is 13.0. The molecule has 0 fully saturated rings. The fourth-order valence-electron chi connectivity index (χ4n) is 2.61. The molecule has 2 aliphatic rings. The minimum atomic E-state index is -1.20. The molecule has 20 heavy (non-hydrogen) atoms. The maximum absolute atomic E-state index is 12.0. The van der Waals surface area contributed by atoms with E-state index in [2.05, 4.69) is 5.32 Å². The molecule has 0 aromatic heterocycles. The average Bonchev–Trinajstić information content (AvgIpc) is 2.66. The van der Waals surface area contributed by atoms with Gasteiger partial charge in [-0.2, -0.15) is 0 Å². The summed E-state index contributed by atoms with van der Waals surface area (Å²) in [6, 6.07) is 5.69. The first-order valence-electron chi connectivity index (χ1n) is 6.32. The number of aliphatic hydroxyl groups is 1. The Morgan fingerprint density at radius 1 is 1.35 bits per heavy atom. The van der Waals surface area contributed by atoms with E-state index in [4.69, 9.17) is 9.47 Å². The van der Waals surface area contributed by atoms with Crippen molar-refractivity contribution in [2.75, 3.05) is 5.32 Å². The summed E-state index contributed by atoms with van der Waals surface area (Å²) in [5.74, 6) is 0.364. The summed E-state index contributed by atoms with van der Waals surface area (Å²) in [4.78, 5) is 12.0. The lowest BCUT2D eigenvalue weighted by molar-refractivity contribution is -0.138. The number of aliphatic hydroxyl groups excluding tert-OH is 1. The first-order valence-corrected chi connectivity index (χ1v) is 6.32. The maximum Gasteiger partial charge on any atom is 0.349 e. The summed E-state index contributed by atoms with van der Waals surface area (Å²) < 4.78 is 11.0. The van der Waals surface area contributed by atoms with Crippen molar-refractivity contribution in [3.05, 3.63) is 46.9 Å². The second-order valence-electron chi connectivity index (χ2n) is 5.02. The monoisotopic (exact) mass is 273 g/mol. The number of carbonyl (C=O) groups excluding carboxylic acids is 1. The van der Waals surface area contributed by atoms with Crippen molar-refractivity contribution in [3.63, 3.8) is 0 Å². The maximum atomic E-state index is 12.0. The van der Waals surface area contributed by atoms with Crippen LogP contribution in [-0.4, -0.2) is 16.8 Å². The standard InChI is InChI=1S/C15H15NO4/c1-8-5-4-6-11-13(8)20-15(16-11)7-9(2)19-14(18)12(15)10(3)17/h4-7,16-17H,1-3H3/b12-10-. The molecule has 1 atom stereocenters. The van der Waals surface area contributed by atoms with Gasteiger partial charge in [0.1, 0.15) is 22.8 Å². The number of allylic oxidation sites excluding steroid dienone is 2. The molecule has 0 radical (unpaired) electrons. The van der Waals surface area contributed by atoms with Crippen LogP contribution in [0, 0.1) is 6.92 Å². The number of hydrogen-bond donors (Lipinski definition) is 2. The number of hydrogen-bond acceptors (Lipinski definition) is 5. The fourth-order valence-corrected chi connectivity index (χ4v) is 2.61. The summed E-state index contributed by atoms with van der Waals surface area (Å²) >= 11 is 0. The number of ether oxygens (including phenoxy) is 2. The van der Waals surface area contributed by atoms with Gasteiger partial charge in [-0.1, -0.05) is 12.1 Å². The Labute approximate surface area is 116 Å². The normalized spacial score (nSPS) is 26.4. The Morgan fingerprint density at radius 2 is 2.10 bits per heavy atom. The van der Waals surface area contributed by atoms with Crippen LogP contribution >= 0.6 is 0 Å². The Bertz CT molecular complexity index is 670. The lowest BCUT2D eigenvalue weighted by atomic mass is 9.98. The van der Waals surface area contributed by atoms with E-state index in [0.717, 1.165) is 11.3 Å². The van der Waals surface area contributed by atoms with Gasteiger partial charge in [-0.05, 0) is 32.4 Å². The topological polar surface area (TPSA) is 67.8 Å². The van der Waals surface area contributed by atoms with Crippen molar-refractivity contribution >= 4 is 11.7 Å². The van der Waals surface area contributed by atoms with Gasteiger partial charge in [0, 0.05) is 6.08 Å². The van der Waals surface area contributed by atoms with E-state index in [0.29, 0.717) is 11.5 Å². The minimum absolute atomic E-state index is 0.0682. The van der Waals surface area contributed by atoms with Gasteiger partial charge in [0.15, 0.2) is 0 Å². The number of carbonyl (C=O) groups is 1. The van der Waals surface area contributed by atoms with Crippen LogP contribution in [0.4, 0.5) is 5.69 Å². The van der Waals surface area contributed by atoms with Crippen molar-refractivity contribution in [3.8, 4) is 5.75 Å². The average molecular weight is 273 g/mol. The molecule has 3 rings (SSSR count). The molecule has 1 aromatic rings. The van der Waals surface area contributed by atoms with Gasteiger partial charge < -0.3 is 19.9 Å². The second-order valence-corrected chi connectivity index (χ2v) is 5.02. The molecule has 1 unspecified atom stereocenters. The number of aryl methyl sites for hydroxylation is 1. The van der Waals surface area contributed by atoms with Crippen LogP contribution in [0.15, 0.2) is 41.4 Å². The molecular weight excluding hydrogens is 258 g/mol. The lowest BCUT2D eigenvalue weighted by Gasteiger charge is -2.31. The Hall–Kier alpha value is -2.43. The Morgan fingerprint density at radius 3 is 2.75 bits per heavy atom. The molecule has 2 heterocycles. The molecule has 0 saturated carbocycles. The molecule has 0 saturated heterocycles. The Balaban J connectivity index is 2.18. The van der Waals surface area contributed by atoms with Crippen LogP contribution in [0.3, 0.4) is 0 Å². The highest BCUT2D eigenvalue weighted by Crippen LogP contribution is 2.45. The van der Waals surface area contributed by atoms with Crippen molar-refractivity contribution < 1.29 is 19.4 Å². The smallest absolute Gasteiger partial charge is 0.349 e. The van der Waals surface area contributed by atoms with E-state index in [1.54, 1.807) is 13.0 Å². The predicted molar refractivity (Wildman–Crippen MR) is 73.3 cm³/mol. The molecule has 5 heteroatoms. The number of anilines is 1. The lowest BCUT2D eigenvalue weighted by Crippen LogP contribution is -2.47. The molecule has 0 aliphatic carbocycles. The predicted octanol–water partition coefficient (Wildman–Crippen LogP) is 2.79. The SMILES string of the molecule is CC1=CC2(Nc3cccc(C)c3O2)/C(=C(/C)O)C(=O)O1. The van der Waals surface area contributed by atoms with Crippen LogP contribution in [-0.2, 0) is 9.53 Å². The van der Waals surface area contributed by atoms with Gasteiger partial charge in [-0.3, -0.25) is 0 Å². The number of benzene rings is 1. The zero-order valence-electron chi connectivity index (χ0n) is 11.5. The molecule has 1 aromatic carbocycles. The van der Waals surface area contributed by atoms with E-state index < -0.39 is 11.7 Å². The molecule has 104 valence electrons. The minimum Gasteiger partial charge on any atom is -0.512 e. The molecule has 0 amide bonds. The molecule has 2 aliphatic heterocycles. The highest BCUT2D eigenvalue weighted by Gasteiger charge is 2.49. The number of nitrogens with one attached hydrogen (secondary N) is 1. The summed E-state index contributed by atoms with van der Waals surface area (Å²) in [6.45, 7) is 5.03. The van der Waals surface area contributed by atoms with Crippen molar-refractivity contribution in [1.29, 1.82) is 0 Å². The zero-order valence-corrected chi connectivity index (χ0v) is 11.5. The highest BCUT2D eigenvalue weighted by molar-refractivity contribution is 5.95. The summed E-state index contributed by atoms with van der Waals surface area (Å²) in [5.41, 5.74) is 0.597. The van der Waals surface area contributed by atoms with Crippen molar-refractivity contribution in [2.45, 2.75) is 26.5 Å². The third kappa shape index (κ3) is 1.66. The summed E-state index contributed by atoms with van der Waals surface area (Å²) in [6.07, 6.45) is 1.66. The van der Waals surface area contributed by atoms with Gasteiger partial charge >= 0.3 is 5.97 Å². The van der Waals surface area contributed by atoms with E-state index in [9.17, 15) is 9.90 Å². The van der Waals surface area contributed by atoms with E-state index >= 15 is 0 Å². The van der Waals surface area contributed by atoms with Crippen molar-refractivity contribution in [1.82, 2.24) is 0 Å². The highest BCUT2D eigenvalue weighted by atomic mass is 16.6. The molecule has 0 bridgehead atoms. The van der Waals surface area contributed by atoms with Gasteiger partial charge in [-0.25, -0.2) is 4.79 Å². The largest absolute Gasteiger partial charge is 0.512 e. The fraction of sp³-hybridized carbons (Fsp3) is 0.267. The Kier molecular flexibility index (Phi) is 2.54. The van der Waals surface area contributed by atoms with Gasteiger partial charge in [-0.15, -0.1) is 0 Å². The number of cyclic esters (lactones) is 1. The van der Waals surface area contributed by atoms with E-state index in [1.807, 2.05) is 25.1 Å². The number of esters is 1. The number of para-hydroxylation sites is 1.